The summed E-state index contributed by atoms with van der Waals surface area (Å²) >= 11 is 7.30. The minimum absolute atomic E-state index is 0.144. The second-order valence-corrected chi connectivity index (χ2v) is 13.8. The van der Waals surface area contributed by atoms with Crippen molar-refractivity contribution in [2.75, 3.05) is 26.7 Å². The quantitative estimate of drug-likeness (QED) is 0.165. The Morgan fingerprint density at radius 1 is 1.10 bits per heavy atom. The number of rotatable bonds is 10. The predicted molar refractivity (Wildman–Crippen MR) is 166 cm³/mol. The molecule has 3 aliphatic carbocycles. The van der Waals surface area contributed by atoms with Gasteiger partial charge in [0.25, 0.3) is 5.91 Å². The zero-order valence-corrected chi connectivity index (χ0v) is 25.0. The van der Waals surface area contributed by atoms with Gasteiger partial charge in [-0.2, -0.15) is 0 Å². The number of carbonyl (C=O) groups is 1. The monoisotopic (exact) mass is 562 g/mol. The Morgan fingerprint density at radius 2 is 1.97 bits per heavy atom. The Labute approximate surface area is 243 Å². The number of amides is 1. The molecule has 0 aromatic heterocycles. The molecular formula is C33H42N2O2S2. The van der Waals surface area contributed by atoms with E-state index in [2.05, 4.69) is 35.3 Å². The second kappa shape index (κ2) is 12.3. The van der Waals surface area contributed by atoms with Gasteiger partial charge in [0.15, 0.2) is 0 Å². The molecule has 2 saturated carbocycles. The molecule has 0 N–H and O–H groups in total. The lowest BCUT2D eigenvalue weighted by Gasteiger charge is -2.30. The third kappa shape index (κ3) is 6.08. The lowest BCUT2D eigenvalue weighted by molar-refractivity contribution is -0.124. The highest BCUT2D eigenvalue weighted by Gasteiger charge is 2.48. The average Bonchev–Trinajstić information content (AvgIpc) is 3.74. The summed E-state index contributed by atoms with van der Waals surface area (Å²) in [4.78, 5) is 19.1. The number of likely N-dealkylation sites (tertiary alicyclic amines) is 1. The van der Waals surface area contributed by atoms with E-state index >= 15 is 0 Å². The van der Waals surface area contributed by atoms with Crippen molar-refractivity contribution in [2.45, 2.75) is 83.1 Å². The van der Waals surface area contributed by atoms with E-state index in [1.807, 2.05) is 11.0 Å². The molecule has 6 rings (SSSR count). The molecule has 2 heterocycles. The van der Waals surface area contributed by atoms with Gasteiger partial charge in [-0.05, 0) is 130 Å². The average molecular weight is 563 g/mol. The van der Waals surface area contributed by atoms with Crippen LogP contribution in [0.5, 0.6) is 5.75 Å². The fourth-order valence-corrected chi connectivity index (χ4v) is 8.90. The van der Waals surface area contributed by atoms with Crippen LogP contribution in [-0.2, 0) is 4.79 Å². The predicted octanol–water partition coefficient (Wildman–Crippen LogP) is 7.76. The molecule has 208 valence electrons. The topological polar surface area (TPSA) is 32.8 Å². The number of methoxy groups -OCH3 is 1. The van der Waals surface area contributed by atoms with E-state index in [0.717, 1.165) is 40.2 Å². The SMILES string of the molecule is COc1cccc(C2=CC(CCCCCN3CCCCC3)=C(/C=C3\SC(=S)N(C4CC5CCC4C5)C3=O)C2)c1. The van der Waals surface area contributed by atoms with Crippen molar-refractivity contribution in [1.82, 2.24) is 9.80 Å². The van der Waals surface area contributed by atoms with Crippen molar-refractivity contribution in [3.05, 3.63) is 58.0 Å². The molecule has 2 bridgehead atoms. The molecule has 4 nitrogen and oxygen atoms in total. The lowest BCUT2D eigenvalue weighted by atomic mass is 9.94. The molecule has 0 spiro atoms. The number of nitrogens with zero attached hydrogens (tertiary/aromatic N) is 2. The van der Waals surface area contributed by atoms with Gasteiger partial charge in [0, 0.05) is 6.04 Å². The van der Waals surface area contributed by atoms with E-state index < -0.39 is 0 Å². The van der Waals surface area contributed by atoms with Crippen LogP contribution in [0.3, 0.4) is 0 Å². The summed E-state index contributed by atoms with van der Waals surface area (Å²) in [6.45, 7) is 3.80. The van der Waals surface area contributed by atoms with E-state index in [4.69, 9.17) is 17.0 Å². The Hall–Kier alpha value is -1.89. The third-order valence-electron chi connectivity index (χ3n) is 9.61. The van der Waals surface area contributed by atoms with Crippen LogP contribution >= 0.6 is 24.0 Å². The van der Waals surface area contributed by atoms with Gasteiger partial charge in [0.2, 0.25) is 0 Å². The molecule has 1 aromatic carbocycles. The molecule has 1 amide bonds. The molecule has 1 aromatic rings. The summed E-state index contributed by atoms with van der Waals surface area (Å²) in [5.41, 5.74) is 5.19. The van der Waals surface area contributed by atoms with E-state index in [-0.39, 0.29) is 5.91 Å². The number of piperidine rings is 1. The van der Waals surface area contributed by atoms with Gasteiger partial charge in [-0.15, -0.1) is 0 Å². The summed E-state index contributed by atoms with van der Waals surface area (Å²) in [5, 5.41) is 0. The van der Waals surface area contributed by atoms with Gasteiger partial charge in [-0.1, -0.05) is 61.5 Å². The second-order valence-electron chi connectivity index (χ2n) is 12.1. The number of hydrogen-bond acceptors (Lipinski definition) is 5. The first-order valence-corrected chi connectivity index (χ1v) is 16.4. The van der Waals surface area contributed by atoms with Crippen LogP contribution < -0.4 is 4.74 Å². The number of benzene rings is 1. The molecule has 2 saturated heterocycles. The molecule has 2 aliphatic heterocycles. The van der Waals surface area contributed by atoms with Crippen molar-refractivity contribution in [3.8, 4) is 5.75 Å². The number of fused-ring (bicyclic) bond motifs is 2. The van der Waals surface area contributed by atoms with Gasteiger partial charge in [-0.3, -0.25) is 9.69 Å². The zero-order chi connectivity index (χ0) is 26.8. The van der Waals surface area contributed by atoms with Crippen LogP contribution in [0.1, 0.15) is 82.6 Å². The molecular weight excluding hydrogens is 521 g/mol. The number of allylic oxidation sites excluding steroid dienone is 5. The van der Waals surface area contributed by atoms with E-state index in [1.54, 1.807) is 7.11 Å². The van der Waals surface area contributed by atoms with E-state index in [1.165, 1.54) is 111 Å². The van der Waals surface area contributed by atoms with Gasteiger partial charge in [0.1, 0.15) is 10.1 Å². The van der Waals surface area contributed by atoms with Crippen LogP contribution in [0, 0.1) is 11.8 Å². The Bertz CT molecular complexity index is 1200. The molecule has 4 fully saturated rings. The number of ether oxygens (including phenoxy) is 1. The number of hydrogen-bond donors (Lipinski definition) is 0. The maximum absolute atomic E-state index is 13.6. The minimum atomic E-state index is 0.144. The highest BCUT2D eigenvalue weighted by Crippen LogP contribution is 2.50. The minimum Gasteiger partial charge on any atom is -0.497 e. The molecule has 5 aliphatic rings. The van der Waals surface area contributed by atoms with Crippen molar-refractivity contribution in [2.24, 2.45) is 11.8 Å². The number of unbranched alkanes of at least 4 members (excludes halogenated alkanes) is 2. The lowest BCUT2D eigenvalue weighted by Crippen LogP contribution is -2.41. The van der Waals surface area contributed by atoms with Crippen molar-refractivity contribution in [3.63, 3.8) is 0 Å². The van der Waals surface area contributed by atoms with Crippen LogP contribution in [0.2, 0.25) is 0 Å². The number of thiocarbonyl (C=S) groups is 1. The van der Waals surface area contributed by atoms with Crippen LogP contribution in [0.4, 0.5) is 0 Å². The van der Waals surface area contributed by atoms with Crippen molar-refractivity contribution in [1.29, 1.82) is 0 Å². The van der Waals surface area contributed by atoms with E-state index in [9.17, 15) is 4.79 Å². The first-order chi connectivity index (χ1) is 19.1. The van der Waals surface area contributed by atoms with Crippen molar-refractivity contribution < 1.29 is 9.53 Å². The molecule has 3 atom stereocenters. The highest BCUT2D eigenvalue weighted by molar-refractivity contribution is 8.26. The van der Waals surface area contributed by atoms with Crippen LogP contribution in [0.25, 0.3) is 5.57 Å². The first kappa shape index (κ1) is 27.3. The molecule has 6 heteroatoms. The number of thioether (sulfide) groups is 1. The molecule has 0 radical (unpaired) electrons. The first-order valence-electron chi connectivity index (χ1n) is 15.2. The highest BCUT2D eigenvalue weighted by atomic mass is 32.2. The summed E-state index contributed by atoms with van der Waals surface area (Å²) < 4.78 is 6.27. The summed E-state index contributed by atoms with van der Waals surface area (Å²) in [5.74, 6) is 2.46. The third-order valence-corrected chi connectivity index (χ3v) is 10.9. The fourth-order valence-electron chi connectivity index (χ4n) is 7.52. The van der Waals surface area contributed by atoms with Crippen molar-refractivity contribution >= 4 is 39.8 Å². The smallest absolute Gasteiger partial charge is 0.266 e. The van der Waals surface area contributed by atoms with Gasteiger partial charge in [0.05, 0.1) is 12.0 Å². The van der Waals surface area contributed by atoms with Gasteiger partial charge in [-0.25, -0.2) is 0 Å². The van der Waals surface area contributed by atoms with Crippen LogP contribution in [-0.4, -0.2) is 52.8 Å². The number of carbonyl (C=O) groups excluding carboxylic acids is 1. The standard InChI is InChI=1S/C33H42N2O2S2/c1-37-29-11-8-10-25(21-29)27-19-24(9-4-2-5-14-34-15-6-3-7-16-34)28(20-27)22-31-32(36)35(33(38)39-31)30-18-23-12-13-26(30)17-23/h8,10-11,19,21-23,26,30H,2-7,9,12-18,20H2,1H3/b31-22-. The fraction of sp³-hybridized carbons (Fsp3) is 0.576. The summed E-state index contributed by atoms with van der Waals surface area (Å²) in [7, 11) is 1.72. The Morgan fingerprint density at radius 3 is 2.74 bits per heavy atom. The maximum Gasteiger partial charge on any atom is 0.266 e. The zero-order valence-electron chi connectivity index (χ0n) is 23.3. The normalized spacial score (nSPS) is 28.3. The van der Waals surface area contributed by atoms with Crippen LogP contribution in [0.15, 0.2) is 52.5 Å². The Kier molecular flexibility index (Phi) is 8.62. The van der Waals surface area contributed by atoms with E-state index in [0.29, 0.717) is 12.0 Å². The van der Waals surface area contributed by atoms with Gasteiger partial charge < -0.3 is 9.64 Å². The summed E-state index contributed by atoms with van der Waals surface area (Å²) in [6, 6.07) is 8.68. The van der Waals surface area contributed by atoms with Gasteiger partial charge >= 0.3 is 0 Å². The maximum atomic E-state index is 13.6. The molecule has 3 unspecified atom stereocenters. The Balaban J connectivity index is 1.16. The largest absolute Gasteiger partial charge is 0.497 e. The summed E-state index contributed by atoms with van der Waals surface area (Å²) in [6.07, 6.45) is 19.3. The molecule has 39 heavy (non-hydrogen) atoms.